The van der Waals surface area contributed by atoms with Gasteiger partial charge in [0.2, 0.25) is 0 Å². The monoisotopic (exact) mass is 302 g/mol. The van der Waals surface area contributed by atoms with Crippen molar-refractivity contribution in [3.63, 3.8) is 0 Å². The van der Waals surface area contributed by atoms with Crippen molar-refractivity contribution in [3.05, 3.63) is 40.7 Å². The Hall–Kier alpha value is -1.19. The molecular formula is C18H26N2S. The van der Waals surface area contributed by atoms with Crippen LogP contribution in [0.3, 0.4) is 0 Å². The van der Waals surface area contributed by atoms with E-state index in [1.54, 1.807) is 11.3 Å². The molecule has 0 saturated heterocycles. The smallest absolute Gasteiger partial charge is 0.0948 e. The van der Waals surface area contributed by atoms with Crippen LogP contribution in [-0.2, 0) is 6.42 Å². The van der Waals surface area contributed by atoms with E-state index in [0.717, 1.165) is 18.7 Å². The summed E-state index contributed by atoms with van der Waals surface area (Å²) in [4.78, 5) is 4.81. The summed E-state index contributed by atoms with van der Waals surface area (Å²) in [5.41, 5.74) is 2.32. The van der Waals surface area contributed by atoms with Gasteiger partial charge in [-0.25, -0.2) is 4.98 Å². The van der Waals surface area contributed by atoms with Crippen LogP contribution in [0.4, 0.5) is 0 Å². The van der Waals surface area contributed by atoms with Crippen LogP contribution in [0.15, 0.2) is 35.7 Å². The minimum absolute atomic E-state index is 0.566. The van der Waals surface area contributed by atoms with Gasteiger partial charge >= 0.3 is 0 Å². The van der Waals surface area contributed by atoms with E-state index in [4.69, 9.17) is 4.98 Å². The van der Waals surface area contributed by atoms with Crippen LogP contribution in [0.5, 0.6) is 0 Å². The van der Waals surface area contributed by atoms with Crippen LogP contribution in [0.25, 0.3) is 11.3 Å². The molecule has 2 rings (SSSR count). The van der Waals surface area contributed by atoms with E-state index in [-0.39, 0.29) is 0 Å². The Bertz CT molecular complexity index is 507. The van der Waals surface area contributed by atoms with Crippen LogP contribution in [-0.4, -0.2) is 17.6 Å². The molecule has 0 saturated carbocycles. The van der Waals surface area contributed by atoms with E-state index in [2.05, 4.69) is 48.8 Å². The van der Waals surface area contributed by atoms with E-state index in [1.807, 2.05) is 6.07 Å². The van der Waals surface area contributed by atoms with Crippen LogP contribution >= 0.6 is 11.3 Å². The molecule has 114 valence electrons. The van der Waals surface area contributed by atoms with Gasteiger partial charge < -0.3 is 5.32 Å². The Kier molecular flexibility index (Phi) is 6.90. The fraction of sp³-hybridized carbons (Fsp3) is 0.500. The molecule has 0 amide bonds. The van der Waals surface area contributed by atoms with Crippen molar-refractivity contribution in [2.45, 2.75) is 52.0 Å². The number of nitrogens with one attached hydrogen (secondary N) is 1. The number of aromatic nitrogens is 1. The lowest BCUT2D eigenvalue weighted by molar-refractivity contribution is 0.466. The highest BCUT2D eigenvalue weighted by atomic mass is 32.1. The first-order valence-electron chi connectivity index (χ1n) is 8.06. The van der Waals surface area contributed by atoms with E-state index < -0.39 is 0 Å². The number of rotatable bonds is 9. The van der Waals surface area contributed by atoms with Crippen molar-refractivity contribution < 1.29 is 0 Å². The predicted molar refractivity (Wildman–Crippen MR) is 92.9 cm³/mol. The number of likely N-dealkylation sites (N-methyl/N-ethyl adjacent to an activating group) is 1. The lowest BCUT2D eigenvalue weighted by Crippen LogP contribution is -2.30. The molecule has 0 aliphatic rings. The summed E-state index contributed by atoms with van der Waals surface area (Å²) >= 11 is 1.79. The lowest BCUT2D eigenvalue weighted by Gasteiger charge is -2.16. The van der Waals surface area contributed by atoms with Crippen LogP contribution in [0, 0.1) is 0 Å². The fourth-order valence-corrected chi connectivity index (χ4v) is 3.45. The first-order valence-corrected chi connectivity index (χ1v) is 8.94. The molecule has 21 heavy (non-hydrogen) atoms. The summed E-state index contributed by atoms with van der Waals surface area (Å²) in [6.07, 6.45) is 6.23. The van der Waals surface area contributed by atoms with Crippen LogP contribution < -0.4 is 5.32 Å². The summed E-state index contributed by atoms with van der Waals surface area (Å²) in [6.45, 7) is 5.48. The van der Waals surface area contributed by atoms with Gasteiger partial charge in [-0.2, -0.15) is 0 Å². The average molecular weight is 302 g/mol. The molecule has 0 aliphatic carbocycles. The maximum Gasteiger partial charge on any atom is 0.0948 e. The van der Waals surface area contributed by atoms with Gasteiger partial charge in [-0.3, -0.25) is 0 Å². The number of unbranched alkanes of at least 4 members (excludes halogenated alkanes) is 2. The highest BCUT2D eigenvalue weighted by molar-refractivity contribution is 7.09. The third-order valence-electron chi connectivity index (χ3n) is 3.69. The number of nitrogens with zero attached hydrogens (tertiary/aromatic N) is 1. The molecule has 1 heterocycles. The van der Waals surface area contributed by atoms with Gasteiger partial charge in [0.15, 0.2) is 0 Å². The fourth-order valence-electron chi connectivity index (χ4n) is 2.56. The zero-order chi connectivity index (χ0) is 14.9. The molecular weight excluding hydrogens is 276 g/mol. The van der Waals surface area contributed by atoms with Gasteiger partial charge in [-0.1, -0.05) is 63.4 Å². The Morgan fingerprint density at radius 1 is 1.14 bits per heavy atom. The SMILES string of the molecule is CCCCCC(Cc1nc(-c2ccccc2)cs1)NCC. The molecule has 2 nitrogen and oxygen atoms in total. The first-order chi connectivity index (χ1) is 10.3. The molecule has 0 aliphatic heterocycles. The van der Waals surface area contributed by atoms with Crippen LogP contribution in [0.2, 0.25) is 0 Å². The molecule has 2 aromatic rings. The topological polar surface area (TPSA) is 24.9 Å². The average Bonchev–Trinajstić information content (AvgIpc) is 2.97. The van der Waals surface area contributed by atoms with Crippen molar-refractivity contribution in [3.8, 4) is 11.3 Å². The lowest BCUT2D eigenvalue weighted by atomic mass is 10.1. The standard InChI is InChI=1S/C18H26N2S/c1-3-5-7-12-16(19-4-2)13-18-20-17(14-21-18)15-10-8-6-9-11-15/h6,8-11,14,16,19H,3-5,7,12-13H2,1-2H3. The number of hydrogen-bond acceptors (Lipinski definition) is 3. The minimum atomic E-state index is 0.566. The highest BCUT2D eigenvalue weighted by Gasteiger charge is 2.11. The molecule has 1 N–H and O–H groups in total. The Balaban J connectivity index is 1.96. The summed E-state index contributed by atoms with van der Waals surface area (Å²) < 4.78 is 0. The van der Waals surface area contributed by atoms with Crippen molar-refractivity contribution in [1.82, 2.24) is 10.3 Å². The molecule has 1 atom stereocenters. The van der Waals surface area contributed by atoms with Gasteiger partial charge in [0.05, 0.1) is 10.7 Å². The third-order valence-corrected chi connectivity index (χ3v) is 4.56. The molecule has 0 radical (unpaired) electrons. The van der Waals surface area contributed by atoms with E-state index in [9.17, 15) is 0 Å². The van der Waals surface area contributed by atoms with E-state index >= 15 is 0 Å². The quantitative estimate of drug-likeness (QED) is 0.666. The largest absolute Gasteiger partial charge is 0.314 e. The van der Waals surface area contributed by atoms with Crippen molar-refractivity contribution >= 4 is 11.3 Å². The Morgan fingerprint density at radius 3 is 2.67 bits per heavy atom. The van der Waals surface area contributed by atoms with Crippen molar-refractivity contribution in [2.75, 3.05) is 6.54 Å². The maximum atomic E-state index is 4.81. The van der Waals surface area contributed by atoms with Crippen molar-refractivity contribution in [2.24, 2.45) is 0 Å². The van der Waals surface area contributed by atoms with Gasteiger partial charge in [-0.05, 0) is 13.0 Å². The Labute approximate surface area is 132 Å². The zero-order valence-corrected chi connectivity index (χ0v) is 14.0. The van der Waals surface area contributed by atoms with E-state index in [0.29, 0.717) is 6.04 Å². The predicted octanol–water partition coefficient (Wildman–Crippen LogP) is 4.91. The van der Waals surface area contributed by atoms with Crippen LogP contribution in [0.1, 0.15) is 44.5 Å². The highest BCUT2D eigenvalue weighted by Crippen LogP contribution is 2.23. The number of thiazole rings is 1. The third kappa shape index (κ3) is 5.25. The number of benzene rings is 1. The van der Waals surface area contributed by atoms with Gasteiger partial charge in [0.1, 0.15) is 0 Å². The second-order valence-corrected chi connectivity index (χ2v) is 6.39. The van der Waals surface area contributed by atoms with E-state index in [1.165, 1.54) is 36.3 Å². The normalized spacial score (nSPS) is 12.5. The summed E-state index contributed by atoms with van der Waals surface area (Å²) in [5.74, 6) is 0. The Morgan fingerprint density at radius 2 is 1.95 bits per heavy atom. The maximum absolute atomic E-state index is 4.81. The molecule has 0 fully saturated rings. The second-order valence-electron chi connectivity index (χ2n) is 5.45. The van der Waals surface area contributed by atoms with Gasteiger partial charge in [-0.15, -0.1) is 11.3 Å². The zero-order valence-electron chi connectivity index (χ0n) is 13.1. The summed E-state index contributed by atoms with van der Waals surface area (Å²) in [7, 11) is 0. The minimum Gasteiger partial charge on any atom is -0.314 e. The molecule has 0 bridgehead atoms. The molecule has 1 aromatic heterocycles. The molecule has 1 aromatic carbocycles. The first kappa shape index (κ1) is 16.2. The molecule has 3 heteroatoms. The van der Waals surface area contributed by atoms with Gasteiger partial charge in [0, 0.05) is 23.4 Å². The molecule has 0 spiro atoms. The van der Waals surface area contributed by atoms with Crippen molar-refractivity contribution in [1.29, 1.82) is 0 Å². The molecule has 1 unspecified atom stereocenters. The number of hydrogen-bond donors (Lipinski definition) is 1. The summed E-state index contributed by atoms with van der Waals surface area (Å²) in [5, 5.41) is 7.03. The summed E-state index contributed by atoms with van der Waals surface area (Å²) in [6, 6.07) is 11.0. The van der Waals surface area contributed by atoms with Gasteiger partial charge in [0.25, 0.3) is 0 Å². The second kappa shape index (κ2) is 8.96.